The van der Waals surface area contributed by atoms with Gasteiger partial charge in [0.25, 0.3) is 0 Å². The third-order valence-corrected chi connectivity index (χ3v) is 7.99. The molecule has 0 radical (unpaired) electrons. The lowest BCUT2D eigenvalue weighted by Gasteiger charge is -2.20. The first-order valence-corrected chi connectivity index (χ1v) is 13.8. The zero-order chi connectivity index (χ0) is 38.8. The van der Waals surface area contributed by atoms with Gasteiger partial charge in [-0.1, -0.05) is 133 Å². The summed E-state index contributed by atoms with van der Waals surface area (Å²) in [5, 5.41) is 3.50. The van der Waals surface area contributed by atoms with Gasteiger partial charge >= 0.3 is 0 Å². The molecule has 0 saturated heterocycles. The van der Waals surface area contributed by atoms with Crippen molar-refractivity contribution in [3.8, 4) is 33.4 Å². The average molecular weight is 559 g/mol. The maximum atomic E-state index is 9.43. The Balaban J connectivity index is 1.49. The number of benzene rings is 8. The normalized spacial score (nSPS) is 15.6. The summed E-state index contributed by atoms with van der Waals surface area (Å²) in [6, 6.07) is 20.3. The summed E-state index contributed by atoms with van der Waals surface area (Å²) in [7, 11) is 0. The van der Waals surface area contributed by atoms with Crippen molar-refractivity contribution in [3.05, 3.63) is 157 Å². The number of rotatable bonds is 3. The van der Waals surface area contributed by atoms with E-state index < -0.39 is 48.3 Å². The zero-order valence-corrected chi connectivity index (χ0v) is 22.5. The molecule has 1 aromatic heterocycles. The molecule has 0 aliphatic rings. The van der Waals surface area contributed by atoms with E-state index in [-0.39, 0.29) is 46.1 Å². The SMILES string of the molecule is [2H]c1c([2H])c([2H])c(-c2cc3c(cc2-c2c4ccccc4c(-c4c([2H])c([2H])c5c([2H])c([2H])c([2H])c([2H])c5c4[2H])c4ccccc24)oc2ccccc23)c([2H])c1[2H]. The lowest BCUT2D eigenvalue weighted by molar-refractivity contribution is 0.669. The van der Waals surface area contributed by atoms with E-state index in [1.807, 2.05) is 66.7 Å². The van der Waals surface area contributed by atoms with Gasteiger partial charge in [-0.15, -0.1) is 0 Å². The summed E-state index contributed by atoms with van der Waals surface area (Å²) in [6.07, 6.45) is 0. The maximum Gasteiger partial charge on any atom is 0.136 e. The Morgan fingerprint density at radius 2 is 1.02 bits per heavy atom. The molecular weight excluding hydrogens is 520 g/mol. The van der Waals surface area contributed by atoms with Crippen LogP contribution in [-0.4, -0.2) is 0 Å². The fraction of sp³-hybridized carbons (Fsp3) is 0. The third kappa shape index (κ3) is 3.72. The standard InChI is InChI=1S/C42H26O/c1-2-13-28(14-3-1)36-25-37-31-16-10-11-21-39(31)43-40(37)26-38(36)42-34-19-8-6-17-32(34)41(33-18-7-9-20-35(33)42)30-23-22-27-12-4-5-15-29(27)24-30/h1-26H/i1D,2D,3D,4D,5D,12D,13D,14D,15D,22D,23D,24D. The van der Waals surface area contributed by atoms with Crippen LogP contribution < -0.4 is 0 Å². The van der Waals surface area contributed by atoms with Crippen LogP contribution in [0.3, 0.4) is 0 Å². The van der Waals surface area contributed by atoms with Gasteiger partial charge in [-0.2, -0.15) is 0 Å². The van der Waals surface area contributed by atoms with Gasteiger partial charge in [0.15, 0.2) is 0 Å². The van der Waals surface area contributed by atoms with E-state index in [0.29, 0.717) is 60.4 Å². The molecule has 1 heteroatoms. The molecule has 0 saturated carbocycles. The Morgan fingerprint density at radius 3 is 1.74 bits per heavy atom. The predicted octanol–water partition coefficient (Wildman–Crippen LogP) is 12.0. The van der Waals surface area contributed by atoms with Gasteiger partial charge in [0.2, 0.25) is 0 Å². The van der Waals surface area contributed by atoms with Gasteiger partial charge in [0.1, 0.15) is 11.2 Å². The molecule has 9 rings (SSSR count). The Morgan fingerprint density at radius 1 is 0.419 bits per heavy atom. The van der Waals surface area contributed by atoms with Crippen molar-refractivity contribution in [2.45, 2.75) is 0 Å². The first kappa shape index (κ1) is 15.0. The summed E-state index contributed by atoms with van der Waals surface area (Å²) in [6.45, 7) is 0. The third-order valence-electron chi connectivity index (χ3n) is 7.99. The Labute approximate surface area is 266 Å². The number of furan rings is 1. The van der Waals surface area contributed by atoms with Crippen molar-refractivity contribution in [1.82, 2.24) is 0 Å². The number of hydrogen-bond acceptors (Lipinski definition) is 1. The molecular formula is C42H26O. The highest BCUT2D eigenvalue weighted by Gasteiger charge is 2.21. The van der Waals surface area contributed by atoms with E-state index >= 15 is 0 Å². The quantitative estimate of drug-likeness (QED) is 0.197. The molecule has 8 aromatic carbocycles. The Kier molecular flexibility index (Phi) is 3.29. The zero-order valence-electron chi connectivity index (χ0n) is 34.5. The Hall–Kier alpha value is -5.66. The molecule has 0 aliphatic carbocycles. The molecule has 0 spiro atoms. The monoisotopic (exact) mass is 558 g/mol. The van der Waals surface area contributed by atoms with Gasteiger partial charge in [-0.3, -0.25) is 0 Å². The molecule has 1 heterocycles. The van der Waals surface area contributed by atoms with Crippen LogP contribution >= 0.6 is 0 Å². The number of fused-ring (bicyclic) bond motifs is 6. The smallest absolute Gasteiger partial charge is 0.136 e. The highest BCUT2D eigenvalue weighted by Crippen LogP contribution is 2.48. The molecule has 0 amide bonds. The van der Waals surface area contributed by atoms with Crippen LogP contribution in [0.5, 0.6) is 0 Å². The van der Waals surface area contributed by atoms with Gasteiger partial charge in [0, 0.05) is 10.8 Å². The van der Waals surface area contributed by atoms with Crippen molar-refractivity contribution < 1.29 is 20.9 Å². The van der Waals surface area contributed by atoms with Crippen LogP contribution in [0.15, 0.2) is 162 Å². The van der Waals surface area contributed by atoms with Crippen molar-refractivity contribution in [2.75, 3.05) is 0 Å². The van der Waals surface area contributed by atoms with Gasteiger partial charge in [-0.25, -0.2) is 0 Å². The van der Waals surface area contributed by atoms with Crippen LogP contribution in [0.25, 0.3) is 87.6 Å². The topological polar surface area (TPSA) is 13.1 Å². The van der Waals surface area contributed by atoms with Crippen molar-refractivity contribution in [2.24, 2.45) is 0 Å². The summed E-state index contributed by atoms with van der Waals surface area (Å²) in [4.78, 5) is 0. The second-order valence-electron chi connectivity index (χ2n) is 10.3. The minimum atomic E-state index is -0.547. The van der Waals surface area contributed by atoms with Crippen LogP contribution in [-0.2, 0) is 0 Å². The van der Waals surface area contributed by atoms with E-state index in [9.17, 15) is 2.74 Å². The molecule has 0 atom stereocenters. The van der Waals surface area contributed by atoms with Crippen molar-refractivity contribution in [1.29, 1.82) is 0 Å². The van der Waals surface area contributed by atoms with Crippen LogP contribution in [0, 0.1) is 0 Å². The minimum Gasteiger partial charge on any atom is -0.456 e. The maximum absolute atomic E-state index is 9.43. The van der Waals surface area contributed by atoms with E-state index in [0.717, 1.165) is 5.39 Å². The van der Waals surface area contributed by atoms with Crippen LogP contribution in [0.4, 0.5) is 0 Å². The second-order valence-corrected chi connectivity index (χ2v) is 10.3. The first-order valence-electron chi connectivity index (χ1n) is 19.8. The minimum absolute atomic E-state index is 0.00909. The largest absolute Gasteiger partial charge is 0.456 e. The fourth-order valence-electron chi connectivity index (χ4n) is 6.16. The molecule has 9 aromatic rings. The van der Waals surface area contributed by atoms with E-state index in [1.165, 1.54) is 0 Å². The number of para-hydroxylation sites is 1. The molecule has 0 bridgehead atoms. The molecule has 0 N–H and O–H groups in total. The Bertz CT molecular complexity index is 3100. The summed E-state index contributed by atoms with van der Waals surface area (Å²) >= 11 is 0. The summed E-state index contributed by atoms with van der Waals surface area (Å²) in [5.41, 5.74) is 3.08. The highest BCUT2D eigenvalue weighted by atomic mass is 16.3. The van der Waals surface area contributed by atoms with Crippen LogP contribution in [0.2, 0.25) is 0 Å². The highest BCUT2D eigenvalue weighted by molar-refractivity contribution is 6.23. The van der Waals surface area contributed by atoms with Crippen LogP contribution in [0.1, 0.15) is 16.4 Å². The van der Waals surface area contributed by atoms with Crippen molar-refractivity contribution >= 4 is 54.3 Å². The fourth-order valence-corrected chi connectivity index (χ4v) is 6.16. The van der Waals surface area contributed by atoms with Gasteiger partial charge < -0.3 is 4.42 Å². The number of hydrogen-bond donors (Lipinski definition) is 0. The summed E-state index contributed by atoms with van der Waals surface area (Å²) < 4.78 is 111. The van der Waals surface area contributed by atoms with Gasteiger partial charge in [-0.05, 0) is 89.9 Å². The summed E-state index contributed by atoms with van der Waals surface area (Å²) in [5.74, 6) is 0. The predicted molar refractivity (Wildman–Crippen MR) is 183 cm³/mol. The van der Waals surface area contributed by atoms with E-state index in [2.05, 4.69) is 0 Å². The molecule has 0 fully saturated rings. The lowest BCUT2D eigenvalue weighted by atomic mass is 9.83. The van der Waals surface area contributed by atoms with Gasteiger partial charge in [0.05, 0.1) is 16.4 Å². The second kappa shape index (κ2) is 9.44. The van der Waals surface area contributed by atoms with Crippen molar-refractivity contribution in [3.63, 3.8) is 0 Å². The first-order chi connectivity index (χ1) is 26.3. The molecule has 0 unspecified atom stereocenters. The molecule has 200 valence electrons. The lowest BCUT2D eigenvalue weighted by Crippen LogP contribution is -1.93. The molecule has 43 heavy (non-hydrogen) atoms. The van der Waals surface area contributed by atoms with E-state index in [4.69, 9.17) is 18.1 Å². The van der Waals surface area contributed by atoms with E-state index in [1.54, 1.807) is 18.2 Å². The molecule has 0 aliphatic heterocycles. The average Bonchev–Trinajstić information content (AvgIpc) is 3.56. The molecule has 1 nitrogen and oxygen atoms in total.